The van der Waals surface area contributed by atoms with Crippen molar-refractivity contribution in [3.8, 4) is 11.5 Å². The molecule has 0 fully saturated rings. The summed E-state index contributed by atoms with van der Waals surface area (Å²) in [5.74, 6) is -0.368. The summed E-state index contributed by atoms with van der Waals surface area (Å²) in [6.45, 7) is 1.59. The van der Waals surface area contributed by atoms with E-state index >= 15 is 0 Å². The average Bonchev–Trinajstić information content (AvgIpc) is 2.62. The highest BCUT2D eigenvalue weighted by molar-refractivity contribution is 5.86. The highest BCUT2D eigenvalue weighted by Gasteiger charge is 2.13. The number of rotatable bonds is 4. The summed E-state index contributed by atoms with van der Waals surface area (Å²) in [4.78, 5) is 27.1. The number of ether oxygens (including phenoxy) is 1. The van der Waals surface area contributed by atoms with Gasteiger partial charge in [-0.1, -0.05) is 12.1 Å². The number of aryl methyl sites for hydroxylation is 1. The van der Waals surface area contributed by atoms with Crippen LogP contribution in [0, 0.1) is 17.0 Å². The molecule has 0 N–H and O–H groups in total. The van der Waals surface area contributed by atoms with Crippen LogP contribution in [0.2, 0.25) is 0 Å². The third-order valence-electron chi connectivity index (χ3n) is 3.73. The summed E-state index contributed by atoms with van der Waals surface area (Å²) in [5.41, 5.74) is -0.584. The van der Waals surface area contributed by atoms with Crippen molar-refractivity contribution in [2.45, 2.75) is 6.92 Å². The Morgan fingerprint density at radius 2 is 2.04 bits per heavy atom. The van der Waals surface area contributed by atoms with Crippen molar-refractivity contribution in [1.82, 2.24) is 9.66 Å². The van der Waals surface area contributed by atoms with Crippen LogP contribution in [0.5, 0.6) is 11.5 Å². The van der Waals surface area contributed by atoms with Crippen LogP contribution in [0.3, 0.4) is 0 Å². The van der Waals surface area contributed by atoms with E-state index in [9.17, 15) is 20.0 Å². The minimum absolute atomic E-state index is 0.0736. The number of fused-ring (bicyclic) bond motifs is 1. The second kappa shape index (κ2) is 6.63. The van der Waals surface area contributed by atoms with Crippen molar-refractivity contribution >= 4 is 22.8 Å². The summed E-state index contributed by atoms with van der Waals surface area (Å²) in [7, 11) is 1.33. The SMILES string of the molecule is COc1cc(C=Nn2c(C)nc3ccccc3c2=O)c([O-])c([N+](=O)[O-])c1. The van der Waals surface area contributed by atoms with Crippen molar-refractivity contribution in [3.05, 3.63) is 68.3 Å². The van der Waals surface area contributed by atoms with Gasteiger partial charge in [-0.05, 0) is 36.4 Å². The molecule has 132 valence electrons. The standard InChI is InChI=1S/C17H14N4O5/c1-10-19-14-6-4-3-5-13(14)17(23)20(10)18-9-11-7-12(26-2)8-15(16(11)22)21(24)25/h3-9,22H,1-2H3/p-1. The van der Waals surface area contributed by atoms with E-state index in [4.69, 9.17) is 4.74 Å². The van der Waals surface area contributed by atoms with Crippen LogP contribution in [0.15, 0.2) is 46.3 Å². The molecule has 9 heteroatoms. The Kier molecular flexibility index (Phi) is 4.36. The van der Waals surface area contributed by atoms with Crippen molar-refractivity contribution < 1.29 is 14.8 Å². The first kappa shape index (κ1) is 17.1. The number of nitro benzene ring substituents is 1. The maximum Gasteiger partial charge on any atom is 0.282 e. The number of hydrogen-bond donors (Lipinski definition) is 0. The average molecular weight is 353 g/mol. The van der Waals surface area contributed by atoms with E-state index < -0.39 is 21.9 Å². The Morgan fingerprint density at radius 3 is 2.73 bits per heavy atom. The van der Waals surface area contributed by atoms with Gasteiger partial charge in [0.15, 0.2) is 0 Å². The third kappa shape index (κ3) is 2.97. The van der Waals surface area contributed by atoms with Gasteiger partial charge in [0, 0.05) is 0 Å². The summed E-state index contributed by atoms with van der Waals surface area (Å²) < 4.78 is 6.01. The molecule has 0 radical (unpaired) electrons. The monoisotopic (exact) mass is 353 g/mol. The van der Waals surface area contributed by atoms with Crippen molar-refractivity contribution in [1.29, 1.82) is 0 Å². The first-order chi connectivity index (χ1) is 12.4. The van der Waals surface area contributed by atoms with Gasteiger partial charge in [-0.25, -0.2) is 4.98 Å². The van der Waals surface area contributed by atoms with Crippen LogP contribution in [-0.2, 0) is 0 Å². The normalized spacial score (nSPS) is 11.2. The fraction of sp³-hybridized carbons (Fsp3) is 0.118. The first-order valence-electron chi connectivity index (χ1n) is 7.48. The predicted molar refractivity (Wildman–Crippen MR) is 92.8 cm³/mol. The van der Waals surface area contributed by atoms with Crippen LogP contribution in [-0.4, -0.2) is 27.9 Å². The van der Waals surface area contributed by atoms with E-state index in [0.717, 1.165) is 17.0 Å². The Hall–Kier alpha value is -3.75. The first-order valence-corrected chi connectivity index (χ1v) is 7.48. The predicted octanol–water partition coefficient (Wildman–Crippen LogP) is 1.58. The van der Waals surface area contributed by atoms with E-state index in [1.807, 2.05) is 0 Å². The lowest BCUT2D eigenvalue weighted by Gasteiger charge is -2.12. The van der Waals surface area contributed by atoms with Crippen molar-refractivity contribution in [3.63, 3.8) is 0 Å². The highest BCUT2D eigenvalue weighted by Crippen LogP contribution is 2.31. The lowest BCUT2D eigenvalue weighted by atomic mass is 10.1. The fourth-order valence-corrected chi connectivity index (χ4v) is 2.45. The van der Waals surface area contributed by atoms with Gasteiger partial charge < -0.3 is 9.84 Å². The van der Waals surface area contributed by atoms with E-state index in [2.05, 4.69) is 10.1 Å². The molecule has 1 heterocycles. The zero-order valence-electron chi connectivity index (χ0n) is 13.9. The van der Waals surface area contributed by atoms with Gasteiger partial charge in [0.1, 0.15) is 11.6 Å². The molecule has 0 aliphatic carbocycles. The lowest BCUT2D eigenvalue weighted by molar-refractivity contribution is -0.398. The summed E-state index contributed by atoms with van der Waals surface area (Å²) in [6, 6.07) is 9.14. The maximum absolute atomic E-state index is 12.6. The smallest absolute Gasteiger partial charge is 0.282 e. The highest BCUT2D eigenvalue weighted by atomic mass is 16.6. The number of nitrogens with zero attached hydrogens (tertiary/aromatic N) is 4. The Balaban J connectivity index is 2.14. The van der Waals surface area contributed by atoms with Crippen LogP contribution >= 0.6 is 0 Å². The minimum atomic E-state index is -0.820. The number of hydrogen-bond acceptors (Lipinski definition) is 7. The van der Waals surface area contributed by atoms with Gasteiger partial charge in [-0.3, -0.25) is 14.9 Å². The molecule has 9 nitrogen and oxygen atoms in total. The quantitative estimate of drug-likeness (QED) is 0.398. The fourth-order valence-electron chi connectivity index (χ4n) is 2.45. The molecule has 0 unspecified atom stereocenters. The van der Waals surface area contributed by atoms with Crippen LogP contribution in [0.25, 0.3) is 10.9 Å². The topological polar surface area (TPSA) is 123 Å². The largest absolute Gasteiger partial charge is 0.867 e. The molecule has 0 saturated carbocycles. The molecule has 0 saturated heterocycles. The van der Waals surface area contributed by atoms with Gasteiger partial charge in [0.25, 0.3) is 11.2 Å². The molecule has 0 amide bonds. The molecule has 1 aromatic heterocycles. The Morgan fingerprint density at radius 1 is 1.31 bits per heavy atom. The molecule has 0 spiro atoms. The maximum atomic E-state index is 12.6. The van der Waals surface area contributed by atoms with E-state index in [1.54, 1.807) is 31.2 Å². The summed E-state index contributed by atoms with van der Waals surface area (Å²) >= 11 is 0. The van der Waals surface area contributed by atoms with E-state index in [1.165, 1.54) is 13.2 Å². The number of benzene rings is 2. The molecule has 0 aliphatic heterocycles. The number of para-hydroxylation sites is 1. The van der Waals surface area contributed by atoms with Gasteiger partial charge in [-0.15, -0.1) is 0 Å². The van der Waals surface area contributed by atoms with E-state index in [0.29, 0.717) is 16.7 Å². The number of methoxy groups -OCH3 is 1. The van der Waals surface area contributed by atoms with Crippen LogP contribution in [0.1, 0.15) is 11.4 Å². The molecule has 0 atom stereocenters. The van der Waals surface area contributed by atoms with Gasteiger partial charge >= 0.3 is 0 Å². The second-order valence-corrected chi connectivity index (χ2v) is 5.36. The summed E-state index contributed by atoms with van der Waals surface area (Å²) in [6.07, 6.45) is 1.09. The summed E-state index contributed by atoms with van der Waals surface area (Å²) in [5, 5.41) is 27.6. The molecule has 0 bridgehead atoms. The Labute approximate surface area is 147 Å². The minimum Gasteiger partial charge on any atom is -0.867 e. The molecule has 3 aromatic rings. The molecule has 3 rings (SSSR count). The second-order valence-electron chi connectivity index (χ2n) is 5.36. The van der Waals surface area contributed by atoms with Crippen LogP contribution in [0.4, 0.5) is 5.69 Å². The van der Waals surface area contributed by atoms with Crippen LogP contribution < -0.4 is 15.4 Å². The van der Waals surface area contributed by atoms with Crippen molar-refractivity contribution in [2.24, 2.45) is 5.10 Å². The third-order valence-corrected chi connectivity index (χ3v) is 3.73. The van der Waals surface area contributed by atoms with Gasteiger partial charge in [0.05, 0.1) is 35.2 Å². The molecular weight excluding hydrogens is 340 g/mol. The molecule has 2 aromatic carbocycles. The number of aromatic nitrogens is 2. The molecule has 26 heavy (non-hydrogen) atoms. The van der Waals surface area contributed by atoms with Crippen molar-refractivity contribution in [2.75, 3.05) is 7.11 Å². The lowest BCUT2D eigenvalue weighted by Crippen LogP contribution is -2.20. The Bertz CT molecular complexity index is 1100. The zero-order valence-corrected chi connectivity index (χ0v) is 13.9. The zero-order chi connectivity index (χ0) is 18.8. The van der Waals surface area contributed by atoms with Gasteiger partial charge in [-0.2, -0.15) is 9.78 Å². The number of nitro groups is 1. The molecule has 0 aliphatic rings. The van der Waals surface area contributed by atoms with E-state index in [-0.39, 0.29) is 11.3 Å². The van der Waals surface area contributed by atoms with Gasteiger partial charge in [0.2, 0.25) is 0 Å². The molecular formula is C17H13N4O5-.